The summed E-state index contributed by atoms with van der Waals surface area (Å²) in [5.41, 5.74) is 2.00. The highest BCUT2D eigenvalue weighted by Gasteiger charge is 2.36. The Hall–Kier alpha value is -2.95. The predicted octanol–water partition coefficient (Wildman–Crippen LogP) is 3.89. The van der Waals surface area contributed by atoms with Gasteiger partial charge in [-0.15, -0.1) is 11.3 Å². The average molecular weight is 515 g/mol. The molecular weight excluding hydrogens is 480 g/mol. The van der Waals surface area contributed by atoms with Crippen molar-refractivity contribution in [2.45, 2.75) is 51.5 Å². The van der Waals surface area contributed by atoms with Crippen LogP contribution in [0.25, 0.3) is 0 Å². The third kappa shape index (κ3) is 5.88. The molecule has 1 fully saturated rings. The van der Waals surface area contributed by atoms with Gasteiger partial charge < -0.3 is 15.4 Å². The summed E-state index contributed by atoms with van der Waals surface area (Å²) >= 11 is 1.42. The maximum atomic E-state index is 13.6. The first kappa shape index (κ1) is 26.1. The van der Waals surface area contributed by atoms with Gasteiger partial charge in [0, 0.05) is 4.88 Å². The van der Waals surface area contributed by atoms with E-state index in [4.69, 9.17) is 9.57 Å². The lowest BCUT2D eigenvalue weighted by Crippen LogP contribution is -2.55. The second kappa shape index (κ2) is 12.3. The van der Waals surface area contributed by atoms with Crippen molar-refractivity contribution >= 4 is 39.9 Å². The number of nitrogens with zero attached hydrogens (tertiary/aromatic N) is 1. The second-order valence-electron chi connectivity index (χ2n) is 8.95. The molecule has 0 radical (unpaired) electrons. The van der Waals surface area contributed by atoms with Gasteiger partial charge in [-0.1, -0.05) is 18.2 Å². The van der Waals surface area contributed by atoms with E-state index in [1.807, 2.05) is 18.2 Å². The van der Waals surface area contributed by atoms with E-state index in [9.17, 15) is 14.4 Å². The number of urea groups is 1. The number of fused-ring (bicyclic) bond motifs is 1. The molecule has 1 aliphatic heterocycles. The van der Waals surface area contributed by atoms with Crippen LogP contribution < -0.4 is 21.0 Å². The number of esters is 1. The van der Waals surface area contributed by atoms with Crippen molar-refractivity contribution < 1.29 is 24.0 Å². The van der Waals surface area contributed by atoms with Crippen LogP contribution >= 0.6 is 11.3 Å². The first-order valence-electron chi connectivity index (χ1n) is 12.6. The van der Waals surface area contributed by atoms with E-state index >= 15 is 0 Å². The largest absolute Gasteiger partial charge is 0.462 e. The van der Waals surface area contributed by atoms with Crippen LogP contribution in [0.2, 0.25) is 0 Å². The zero-order valence-corrected chi connectivity index (χ0v) is 21.6. The predicted molar refractivity (Wildman–Crippen MR) is 139 cm³/mol. The molecule has 36 heavy (non-hydrogen) atoms. The zero-order valence-electron chi connectivity index (χ0n) is 20.8. The van der Waals surface area contributed by atoms with E-state index in [-0.39, 0.29) is 18.4 Å². The zero-order chi connectivity index (χ0) is 25.5. The van der Waals surface area contributed by atoms with Crippen LogP contribution in [0, 0.1) is 5.92 Å². The highest BCUT2D eigenvalue weighted by molar-refractivity contribution is 7.17. The van der Waals surface area contributed by atoms with Crippen molar-refractivity contribution in [3.05, 3.63) is 46.3 Å². The number of para-hydroxylation sites is 1. The van der Waals surface area contributed by atoms with Crippen molar-refractivity contribution in [2.24, 2.45) is 5.92 Å². The fourth-order valence-electron chi connectivity index (χ4n) is 4.92. The Kier molecular flexibility index (Phi) is 8.95. The van der Waals surface area contributed by atoms with E-state index in [2.05, 4.69) is 16.0 Å². The van der Waals surface area contributed by atoms with E-state index in [0.717, 1.165) is 62.1 Å². The summed E-state index contributed by atoms with van der Waals surface area (Å²) in [4.78, 5) is 46.2. The molecule has 194 valence electrons. The second-order valence-corrected chi connectivity index (χ2v) is 10.1. The minimum atomic E-state index is -0.798. The quantitative estimate of drug-likeness (QED) is 0.364. The van der Waals surface area contributed by atoms with E-state index < -0.39 is 18.0 Å². The molecule has 9 nitrogen and oxygen atoms in total. The first-order chi connectivity index (χ1) is 17.5. The molecule has 1 unspecified atom stereocenters. The fourth-order valence-corrected chi connectivity index (χ4v) is 6.20. The lowest BCUT2D eigenvalue weighted by atomic mass is 9.89. The monoisotopic (exact) mass is 514 g/mol. The number of aryl methyl sites for hydroxylation is 1. The average Bonchev–Trinajstić information content (AvgIpc) is 3.26. The third-order valence-electron chi connectivity index (χ3n) is 6.66. The number of anilines is 2. The summed E-state index contributed by atoms with van der Waals surface area (Å²) in [7, 11) is 1.44. The number of rotatable bonds is 8. The number of benzene rings is 1. The summed E-state index contributed by atoms with van der Waals surface area (Å²) in [5, 5.41) is 10.8. The van der Waals surface area contributed by atoms with Gasteiger partial charge in [0.2, 0.25) is 0 Å². The number of nitrogens with one attached hydrogen (secondary N) is 3. The van der Waals surface area contributed by atoms with Crippen LogP contribution in [0.15, 0.2) is 30.3 Å². The summed E-state index contributed by atoms with van der Waals surface area (Å²) in [5.74, 6) is -0.832. The molecule has 0 saturated carbocycles. The van der Waals surface area contributed by atoms with Gasteiger partial charge in [0.1, 0.15) is 11.0 Å². The Balaban J connectivity index is 1.57. The Bertz CT molecular complexity index is 1070. The van der Waals surface area contributed by atoms with Crippen LogP contribution in [0.3, 0.4) is 0 Å². The molecule has 1 aliphatic carbocycles. The van der Waals surface area contributed by atoms with Gasteiger partial charge in [0.25, 0.3) is 5.91 Å². The van der Waals surface area contributed by atoms with Crippen molar-refractivity contribution in [2.75, 3.05) is 37.2 Å². The normalized spacial score (nSPS) is 16.5. The number of hydroxylamine groups is 1. The molecule has 0 spiro atoms. The molecule has 0 bridgehead atoms. The number of thiophene rings is 1. The summed E-state index contributed by atoms with van der Waals surface area (Å²) < 4.78 is 5.30. The van der Waals surface area contributed by atoms with Crippen LogP contribution in [-0.2, 0) is 27.2 Å². The molecule has 1 atom stereocenters. The minimum Gasteiger partial charge on any atom is -0.462 e. The Morgan fingerprint density at radius 3 is 2.56 bits per heavy atom. The number of carbonyl (C=O) groups excluding carboxylic acids is 3. The van der Waals surface area contributed by atoms with Gasteiger partial charge >= 0.3 is 12.0 Å². The third-order valence-corrected chi connectivity index (χ3v) is 7.87. The van der Waals surface area contributed by atoms with Gasteiger partial charge in [-0.05, 0) is 82.2 Å². The van der Waals surface area contributed by atoms with Gasteiger partial charge in [-0.3, -0.25) is 14.9 Å². The summed E-state index contributed by atoms with van der Waals surface area (Å²) in [6.07, 6.45) is 5.21. The number of piperidine rings is 1. The topological polar surface area (TPSA) is 109 Å². The Labute approximate surface area is 215 Å². The molecule has 2 heterocycles. The number of carbonyl (C=O) groups is 3. The number of amides is 3. The highest BCUT2D eigenvalue weighted by atomic mass is 32.1. The van der Waals surface area contributed by atoms with Gasteiger partial charge in [-0.2, -0.15) is 5.06 Å². The van der Waals surface area contributed by atoms with Crippen molar-refractivity contribution in [3.8, 4) is 0 Å². The van der Waals surface area contributed by atoms with Crippen LogP contribution in [-0.4, -0.2) is 50.8 Å². The van der Waals surface area contributed by atoms with Crippen molar-refractivity contribution in [1.29, 1.82) is 0 Å². The van der Waals surface area contributed by atoms with Gasteiger partial charge in [-0.25, -0.2) is 9.59 Å². The summed E-state index contributed by atoms with van der Waals surface area (Å²) in [6, 6.07) is 7.74. The Morgan fingerprint density at radius 1 is 1.14 bits per heavy atom. The van der Waals surface area contributed by atoms with Crippen molar-refractivity contribution in [1.82, 2.24) is 10.6 Å². The van der Waals surface area contributed by atoms with E-state index in [1.165, 1.54) is 23.5 Å². The SMILES string of the molecule is CCOC(=O)c1c(NC(=O)NC(C(=O)N(OC)c2ccccc2)C2CCNCC2)sc2c1CCCC2. The standard InChI is InChI=1S/C26H34N4O5S/c1-3-35-25(32)21-19-11-7-8-12-20(19)36-23(21)29-26(33)28-22(17-13-15-27-16-14-17)24(31)30(34-2)18-9-5-4-6-10-18/h4-6,9-10,17,22,27H,3,7-8,11-16H2,1-2H3,(H2,28,29,33). The van der Waals surface area contributed by atoms with E-state index in [1.54, 1.807) is 19.1 Å². The number of hydrogen-bond acceptors (Lipinski definition) is 7. The lowest BCUT2D eigenvalue weighted by molar-refractivity contribution is -0.128. The molecule has 10 heteroatoms. The summed E-state index contributed by atoms with van der Waals surface area (Å²) in [6.45, 7) is 3.55. The smallest absolute Gasteiger partial charge is 0.341 e. The molecule has 3 N–H and O–H groups in total. The van der Waals surface area contributed by atoms with Gasteiger partial charge in [0.05, 0.1) is 25.0 Å². The molecule has 1 aromatic carbocycles. The maximum Gasteiger partial charge on any atom is 0.341 e. The van der Waals surface area contributed by atoms with Gasteiger partial charge in [0.15, 0.2) is 0 Å². The fraction of sp³-hybridized carbons (Fsp3) is 0.500. The van der Waals surface area contributed by atoms with Crippen molar-refractivity contribution in [3.63, 3.8) is 0 Å². The molecule has 2 aliphatic rings. The minimum absolute atomic E-state index is 0.0630. The number of hydrogen-bond donors (Lipinski definition) is 3. The number of ether oxygens (including phenoxy) is 1. The highest BCUT2D eigenvalue weighted by Crippen LogP contribution is 2.38. The van der Waals surface area contributed by atoms with E-state index in [0.29, 0.717) is 16.3 Å². The van der Waals surface area contributed by atoms with Crippen LogP contribution in [0.4, 0.5) is 15.5 Å². The molecule has 1 saturated heterocycles. The molecule has 1 aromatic heterocycles. The molecule has 2 aromatic rings. The van der Waals surface area contributed by atoms with Crippen LogP contribution in [0.5, 0.6) is 0 Å². The Morgan fingerprint density at radius 2 is 1.86 bits per heavy atom. The van der Waals surface area contributed by atoms with Crippen LogP contribution in [0.1, 0.15) is 53.4 Å². The molecule has 4 rings (SSSR count). The first-order valence-corrected chi connectivity index (χ1v) is 13.4. The lowest BCUT2D eigenvalue weighted by Gasteiger charge is -2.33. The maximum absolute atomic E-state index is 13.6. The molecular formula is C26H34N4O5S. The molecule has 3 amide bonds.